The maximum absolute atomic E-state index is 11.5. The normalized spacial score (nSPS) is 15.3. The van der Waals surface area contributed by atoms with Crippen LogP contribution >= 0.6 is 0 Å². The molecule has 0 saturated heterocycles. The second-order valence-corrected chi connectivity index (χ2v) is 12.0. The minimum Gasteiger partial charge on any atom is -0.481 e. The van der Waals surface area contributed by atoms with Crippen molar-refractivity contribution < 1.29 is 34.2 Å². The van der Waals surface area contributed by atoms with Crippen LogP contribution in [0.1, 0.15) is 130 Å². The number of carboxylic acids is 3. The first-order chi connectivity index (χ1) is 18.5. The number of carbonyl (C=O) groups is 3. The number of carboxylic acid groups (broad SMARTS) is 3. The van der Waals surface area contributed by atoms with Crippen LogP contribution in [0, 0.1) is 17.8 Å². The zero-order valence-corrected chi connectivity index (χ0v) is 25.4. The van der Waals surface area contributed by atoms with E-state index in [-0.39, 0.29) is 0 Å². The van der Waals surface area contributed by atoms with Crippen molar-refractivity contribution in [3.8, 4) is 0 Å². The van der Waals surface area contributed by atoms with Crippen LogP contribution in [0.5, 0.6) is 0 Å². The number of rotatable bonds is 28. The van der Waals surface area contributed by atoms with Gasteiger partial charge in [-0.1, -0.05) is 91.1 Å². The molecule has 0 bridgehead atoms. The van der Waals surface area contributed by atoms with Gasteiger partial charge in [0.2, 0.25) is 0 Å². The van der Waals surface area contributed by atoms with Crippen molar-refractivity contribution in [3.63, 3.8) is 0 Å². The fourth-order valence-corrected chi connectivity index (χ4v) is 5.12. The summed E-state index contributed by atoms with van der Waals surface area (Å²) in [5, 5.41) is 28.2. The highest BCUT2D eigenvalue weighted by Crippen LogP contribution is 2.22. The maximum Gasteiger partial charge on any atom is 0.306 e. The van der Waals surface area contributed by atoms with Crippen LogP contribution in [0.4, 0.5) is 0 Å². The molecule has 7 heteroatoms. The number of allylic oxidation sites excluding steroid dienone is 1. The van der Waals surface area contributed by atoms with Gasteiger partial charge in [0.1, 0.15) is 0 Å². The molecule has 0 aromatic heterocycles. The molecule has 7 nitrogen and oxygen atoms in total. The Kier molecular flexibility index (Phi) is 21.8. The van der Waals surface area contributed by atoms with Gasteiger partial charge in [-0.3, -0.25) is 14.4 Å². The van der Waals surface area contributed by atoms with Crippen LogP contribution in [0.15, 0.2) is 12.7 Å². The molecule has 0 aliphatic heterocycles. The van der Waals surface area contributed by atoms with Gasteiger partial charge in [0.05, 0.1) is 43.9 Å². The van der Waals surface area contributed by atoms with Crippen molar-refractivity contribution in [1.29, 1.82) is 0 Å². The van der Waals surface area contributed by atoms with Crippen molar-refractivity contribution in [3.05, 3.63) is 12.7 Å². The van der Waals surface area contributed by atoms with E-state index in [4.69, 9.17) is 0 Å². The van der Waals surface area contributed by atoms with Crippen LogP contribution in [0.3, 0.4) is 0 Å². The molecule has 0 aromatic rings. The van der Waals surface area contributed by atoms with Crippen LogP contribution in [-0.2, 0) is 14.4 Å². The third kappa shape index (κ3) is 19.8. The Morgan fingerprint density at radius 2 is 0.821 bits per heavy atom. The molecule has 3 N–H and O–H groups in total. The Morgan fingerprint density at radius 3 is 1.10 bits per heavy atom. The number of hydrogen-bond acceptors (Lipinski definition) is 3. The average Bonchev–Trinajstić information content (AvgIpc) is 2.90. The van der Waals surface area contributed by atoms with Gasteiger partial charge in [-0.15, -0.1) is 6.58 Å². The van der Waals surface area contributed by atoms with Crippen molar-refractivity contribution in [2.24, 2.45) is 17.8 Å². The number of aliphatic carboxylic acids is 3. The molecule has 0 rings (SSSR count). The van der Waals surface area contributed by atoms with Crippen molar-refractivity contribution in [2.75, 3.05) is 26.2 Å². The number of unbranched alkanes of at least 4 members (excludes halogenated alkanes) is 13. The van der Waals surface area contributed by atoms with Gasteiger partial charge in [-0.05, 0) is 25.7 Å². The summed E-state index contributed by atoms with van der Waals surface area (Å²) in [6.07, 6.45) is 21.0. The number of nitrogens with zero attached hydrogens (tertiary/aromatic N) is 1. The largest absolute Gasteiger partial charge is 0.481 e. The lowest BCUT2D eigenvalue weighted by atomic mass is 10.0. The van der Waals surface area contributed by atoms with E-state index in [1.807, 2.05) is 6.08 Å². The van der Waals surface area contributed by atoms with Crippen molar-refractivity contribution in [2.45, 2.75) is 130 Å². The Labute approximate surface area is 238 Å². The zero-order valence-electron chi connectivity index (χ0n) is 25.4. The lowest BCUT2D eigenvalue weighted by molar-refractivity contribution is -0.929. The van der Waals surface area contributed by atoms with Crippen molar-refractivity contribution in [1.82, 2.24) is 0 Å². The molecule has 228 valence electrons. The molecule has 0 aliphatic carbocycles. The third-order valence-electron chi connectivity index (χ3n) is 8.41. The van der Waals surface area contributed by atoms with Gasteiger partial charge in [0.25, 0.3) is 0 Å². The molecule has 0 saturated carbocycles. The molecule has 0 heterocycles. The van der Waals surface area contributed by atoms with Gasteiger partial charge in [0.15, 0.2) is 0 Å². The summed E-state index contributed by atoms with van der Waals surface area (Å²) < 4.78 is 0.612. The Morgan fingerprint density at radius 1 is 0.538 bits per heavy atom. The summed E-state index contributed by atoms with van der Waals surface area (Å²) in [5.41, 5.74) is 0. The van der Waals surface area contributed by atoms with E-state index in [1.54, 1.807) is 20.8 Å². The van der Waals surface area contributed by atoms with E-state index < -0.39 is 35.7 Å². The minimum atomic E-state index is -0.825. The topological polar surface area (TPSA) is 112 Å². The molecule has 3 atom stereocenters. The summed E-state index contributed by atoms with van der Waals surface area (Å²) in [6, 6.07) is 0. The fourth-order valence-electron chi connectivity index (χ4n) is 5.12. The standard InChI is InChI=1S/C32H59NO6/c1-5-6-7-8-9-10-11-12-13-14-15-16-17-18-19-23-33(24-20-27(2)30(34)35,25-21-28(3)31(36)37)26-22-29(4)32(38)39/h5,27-29H,1,6-26H2,2-4H3,(H2-,34,35,36,37,38,39)/p+1. The molecule has 39 heavy (non-hydrogen) atoms. The Hall–Kier alpha value is -1.89. The maximum atomic E-state index is 11.5. The van der Waals surface area contributed by atoms with Gasteiger partial charge >= 0.3 is 17.9 Å². The molecular formula is C32H60NO6+. The van der Waals surface area contributed by atoms with E-state index in [0.29, 0.717) is 43.4 Å². The van der Waals surface area contributed by atoms with Crippen LogP contribution in [0.2, 0.25) is 0 Å². The summed E-state index contributed by atoms with van der Waals surface area (Å²) in [7, 11) is 0. The van der Waals surface area contributed by atoms with E-state index in [1.165, 1.54) is 70.6 Å². The first-order valence-corrected chi connectivity index (χ1v) is 15.7. The second-order valence-electron chi connectivity index (χ2n) is 12.0. The van der Waals surface area contributed by atoms with Gasteiger partial charge in [0, 0.05) is 19.3 Å². The first-order valence-electron chi connectivity index (χ1n) is 15.7. The van der Waals surface area contributed by atoms with Crippen LogP contribution in [0.25, 0.3) is 0 Å². The van der Waals surface area contributed by atoms with Crippen LogP contribution in [-0.4, -0.2) is 63.9 Å². The fraction of sp³-hybridized carbons (Fsp3) is 0.844. The molecule has 0 amide bonds. The van der Waals surface area contributed by atoms with E-state index in [2.05, 4.69) is 6.58 Å². The average molecular weight is 555 g/mol. The van der Waals surface area contributed by atoms with Crippen LogP contribution < -0.4 is 0 Å². The lowest BCUT2D eigenvalue weighted by Gasteiger charge is -2.40. The van der Waals surface area contributed by atoms with E-state index in [9.17, 15) is 29.7 Å². The molecule has 0 aliphatic rings. The monoisotopic (exact) mass is 554 g/mol. The highest BCUT2D eigenvalue weighted by molar-refractivity contribution is 5.70. The quantitative estimate of drug-likeness (QED) is 0.0517. The molecule has 0 fully saturated rings. The zero-order chi connectivity index (χ0) is 29.5. The van der Waals surface area contributed by atoms with Crippen molar-refractivity contribution >= 4 is 17.9 Å². The minimum absolute atomic E-state index is 0.478. The van der Waals surface area contributed by atoms with E-state index in [0.717, 1.165) is 25.8 Å². The summed E-state index contributed by atoms with van der Waals surface area (Å²) in [4.78, 5) is 34.4. The molecule has 0 radical (unpaired) electrons. The van der Waals surface area contributed by atoms with Gasteiger partial charge in [-0.2, -0.15) is 0 Å². The third-order valence-corrected chi connectivity index (χ3v) is 8.41. The van der Waals surface area contributed by atoms with Gasteiger partial charge in [-0.25, -0.2) is 0 Å². The smallest absolute Gasteiger partial charge is 0.306 e. The summed E-state index contributed by atoms with van der Waals surface area (Å²) >= 11 is 0. The highest BCUT2D eigenvalue weighted by atomic mass is 16.4. The SMILES string of the molecule is C=CCCCCCCCCCCCCCCC[N+](CCC(C)C(=O)O)(CCC(C)C(=O)O)CCC(C)C(=O)O. The lowest BCUT2D eigenvalue weighted by Crippen LogP contribution is -2.52. The predicted molar refractivity (Wildman–Crippen MR) is 159 cm³/mol. The number of quaternary nitrogens is 1. The summed E-state index contributed by atoms with van der Waals surface area (Å²) in [5.74, 6) is -3.91. The second kappa shape index (κ2) is 22.9. The predicted octanol–water partition coefficient (Wildman–Crippen LogP) is 7.78. The summed E-state index contributed by atoms with van der Waals surface area (Å²) in [6.45, 7) is 11.7. The highest BCUT2D eigenvalue weighted by Gasteiger charge is 2.31. The Balaban J connectivity index is 4.67. The van der Waals surface area contributed by atoms with Gasteiger partial charge < -0.3 is 19.8 Å². The molecule has 3 unspecified atom stereocenters. The first kappa shape index (κ1) is 37.1. The number of hydrogen-bond donors (Lipinski definition) is 3. The Bertz CT molecular complexity index is 620. The molecule has 0 spiro atoms. The molecule has 0 aromatic carbocycles. The molecular weight excluding hydrogens is 494 g/mol. The van der Waals surface area contributed by atoms with E-state index >= 15 is 0 Å².